The monoisotopic (exact) mass is 406 g/mol. The molecule has 5 rings (SSSR count). The maximum absolute atomic E-state index is 12.8. The number of β-amino-alcohol motifs (C(OH)–C–C–N with tert-alkyl or cyclic N) is 1. The van der Waals surface area contributed by atoms with Crippen LogP contribution in [-0.2, 0) is 11.2 Å². The smallest absolute Gasteiger partial charge is 0.289 e. The summed E-state index contributed by atoms with van der Waals surface area (Å²) in [6, 6.07) is 14.7. The molecular formula is C23H22N2O5. The highest BCUT2D eigenvalue weighted by atomic mass is 16.5. The van der Waals surface area contributed by atoms with Gasteiger partial charge in [-0.25, -0.2) is 0 Å². The number of aliphatic hydroxyl groups is 1. The van der Waals surface area contributed by atoms with E-state index in [2.05, 4.69) is 5.32 Å². The number of hydrogen-bond donors (Lipinski definition) is 2. The Morgan fingerprint density at radius 2 is 2.03 bits per heavy atom. The molecule has 7 nitrogen and oxygen atoms in total. The Labute approximate surface area is 173 Å². The summed E-state index contributed by atoms with van der Waals surface area (Å²) in [5.74, 6) is 0.729. The van der Waals surface area contributed by atoms with Crippen LogP contribution in [-0.4, -0.2) is 47.1 Å². The highest BCUT2D eigenvalue weighted by Crippen LogP contribution is 2.29. The molecule has 154 valence electrons. The number of likely N-dealkylation sites (tertiary alicyclic amines) is 1. The number of carbonyl (C=O) groups is 2. The molecule has 1 fully saturated rings. The SMILES string of the molecule is O=C1CCc2cc(O[C@@H]3CCN(C(=O)c4cc5ccccc5o4)C[C@H]3O)ccc2N1. The number of piperidine rings is 1. The Morgan fingerprint density at radius 1 is 1.17 bits per heavy atom. The van der Waals surface area contributed by atoms with E-state index >= 15 is 0 Å². The molecule has 3 heterocycles. The predicted molar refractivity (Wildman–Crippen MR) is 111 cm³/mol. The zero-order chi connectivity index (χ0) is 20.7. The van der Waals surface area contributed by atoms with Crippen LogP contribution in [0, 0.1) is 0 Å². The van der Waals surface area contributed by atoms with E-state index < -0.39 is 12.2 Å². The number of aryl methyl sites for hydroxylation is 1. The van der Waals surface area contributed by atoms with Crippen LogP contribution >= 0.6 is 0 Å². The first-order valence-electron chi connectivity index (χ1n) is 10.1. The van der Waals surface area contributed by atoms with Gasteiger partial charge < -0.3 is 24.5 Å². The lowest BCUT2D eigenvalue weighted by atomic mass is 10.0. The van der Waals surface area contributed by atoms with Crippen LogP contribution in [0.3, 0.4) is 0 Å². The molecule has 2 N–H and O–H groups in total. The van der Waals surface area contributed by atoms with E-state index in [1.807, 2.05) is 36.4 Å². The Morgan fingerprint density at radius 3 is 2.87 bits per heavy atom. The minimum atomic E-state index is -0.803. The lowest BCUT2D eigenvalue weighted by Gasteiger charge is -2.35. The molecule has 7 heteroatoms. The first-order valence-corrected chi connectivity index (χ1v) is 10.1. The average molecular weight is 406 g/mol. The van der Waals surface area contributed by atoms with E-state index in [1.54, 1.807) is 17.0 Å². The molecule has 0 bridgehead atoms. The van der Waals surface area contributed by atoms with Crippen molar-refractivity contribution in [2.24, 2.45) is 0 Å². The molecular weight excluding hydrogens is 384 g/mol. The number of anilines is 1. The van der Waals surface area contributed by atoms with Gasteiger partial charge in [-0.05, 0) is 42.3 Å². The van der Waals surface area contributed by atoms with Gasteiger partial charge in [0.15, 0.2) is 5.76 Å². The van der Waals surface area contributed by atoms with Crippen molar-refractivity contribution in [3.63, 3.8) is 0 Å². The molecule has 2 amide bonds. The quantitative estimate of drug-likeness (QED) is 0.698. The molecule has 0 aliphatic carbocycles. The van der Waals surface area contributed by atoms with Crippen LogP contribution in [0.4, 0.5) is 5.69 Å². The van der Waals surface area contributed by atoms with Gasteiger partial charge in [-0.3, -0.25) is 9.59 Å². The van der Waals surface area contributed by atoms with Crippen molar-refractivity contribution in [3.05, 3.63) is 59.9 Å². The fourth-order valence-corrected chi connectivity index (χ4v) is 4.08. The number of para-hydroxylation sites is 1. The van der Waals surface area contributed by atoms with Gasteiger partial charge in [0, 0.05) is 30.5 Å². The van der Waals surface area contributed by atoms with Crippen molar-refractivity contribution in [1.82, 2.24) is 4.90 Å². The van der Waals surface area contributed by atoms with Crippen molar-refractivity contribution in [3.8, 4) is 5.75 Å². The lowest BCUT2D eigenvalue weighted by molar-refractivity contribution is -0.116. The highest BCUT2D eigenvalue weighted by molar-refractivity contribution is 5.96. The first-order chi connectivity index (χ1) is 14.6. The van der Waals surface area contributed by atoms with Crippen molar-refractivity contribution < 1.29 is 23.8 Å². The Hall–Kier alpha value is -3.32. The van der Waals surface area contributed by atoms with E-state index in [0.717, 1.165) is 16.6 Å². The summed E-state index contributed by atoms with van der Waals surface area (Å²) in [5.41, 5.74) is 2.51. The minimum Gasteiger partial charge on any atom is -0.488 e. The molecule has 3 aromatic rings. The number of carbonyl (C=O) groups excluding carboxylic acids is 2. The van der Waals surface area contributed by atoms with Gasteiger partial charge in [0.05, 0.1) is 6.54 Å². The normalized spacial score (nSPS) is 21.2. The van der Waals surface area contributed by atoms with Crippen molar-refractivity contribution in [1.29, 1.82) is 0 Å². The number of furan rings is 1. The van der Waals surface area contributed by atoms with Crippen molar-refractivity contribution in [2.75, 3.05) is 18.4 Å². The number of benzene rings is 2. The molecule has 2 aliphatic rings. The van der Waals surface area contributed by atoms with Gasteiger partial charge in [-0.15, -0.1) is 0 Å². The fourth-order valence-electron chi connectivity index (χ4n) is 4.08. The number of nitrogens with one attached hydrogen (secondary N) is 1. The number of nitrogens with zero attached hydrogens (tertiary/aromatic N) is 1. The second-order valence-corrected chi connectivity index (χ2v) is 7.78. The second kappa shape index (κ2) is 7.50. The number of rotatable bonds is 3. The molecule has 30 heavy (non-hydrogen) atoms. The van der Waals surface area contributed by atoms with E-state index in [1.165, 1.54) is 0 Å². The average Bonchev–Trinajstić information content (AvgIpc) is 3.19. The number of amides is 2. The molecule has 0 spiro atoms. The van der Waals surface area contributed by atoms with Gasteiger partial charge in [0.25, 0.3) is 5.91 Å². The number of fused-ring (bicyclic) bond motifs is 2. The summed E-state index contributed by atoms with van der Waals surface area (Å²) in [4.78, 5) is 25.9. The molecule has 0 unspecified atom stereocenters. The zero-order valence-electron chi connectivity index (χ0n) is 16.3. The third kappa shape index (κ3) is 3.52. The standard InChI is InChI=1S/C23H22N2O5/c26-18-13-25(23(28)21-12-15-3-1-2-4-19(15)30-21)10-9-20(18)29-16-6-7-17-14(11-16)5-8-22(27)24-17/h1-4,6-7,11-12,18,20,26H,5,8-10,13H2,(H,24,27)/t18-,20-/m1/s1. The topological polar surface area (TPSA) is 92.0 Å². The molecule has 1 aromatic heterocycles. The summed E-state index contributed by atoms with van der Waals surface area (Å²) in [6.45, 7) is 0.653. The third-order valence-corrected chi connectivity index (χ3v) is 5.70. The summed E-state index contributed by atoms with van der Waals surface area (Å²) in [6.07, 6.45) is 0.442. The fraction of sp³-hybridized carbons (Fsp3) is 0.304. The molecule has 2 aliphatic heterocycles. The molecule has 2 aromatic carbocycles. The zero-order valence-corrected chi connectivity index (χ0v) is 16.3. The molecule has 0 radical (unpaired) electrons. The van der Waals surface area contributed by atoms with E-state index in [9.17, 15) is 14.7 Å². The third-order valence-electron chi connectivity index (χ3n) is 5.70. The maximum Gasteiger partial charge on any atom is 0.289 e. The lowest BCUT2D eigenvalue weighted by Crippen LogP contribution is -2.51. The van der Waals surface area contributed by atoms with Gasteiger partial charge in [0.1, 0.15) is 23.5 Å². The van der Waals surface area contributed by atoms with E-state index in [-0.39, 0.29) is 24.1 Å². The van der Waals surface area contributed by atoms with E-state index in [4.69, 9.17) is 9.15 Å². The number of aliphatic hydroxyl groups excluding tert-OH is 1. The maximum atomic E-state index is 12.8. The predicted octanol–water partition coefficient (Wildman–Crippen LogP) is 2.97. The molecule has 2 atom stereocenters. The van der Waals surface area contributed by atoms with Crippen molar-refractivity contribution in [2.45, 2.75) is 31.5 Å². The Kier molecular flexibility index (Phi) is 4.67. The van der Waals surface area contributed by atoms with Gasteiger partial charge in [-0.1, -0.05) is 18.2 Å². The van der Waals surface area contributed by atoms with Crippen LogP contribution in [0.15, 0.2) is 52.9 Å². The molecule has 1 saturated heterocycles. The Bertz CT molecular complexity index is 1090. The summed E-state index contributed by atoms with van der Waals surface area (Å²) >= 11 is 0. The summed E-state index contributed by atoms with van der Waals surface area (Å²) in [5, 5.41) is 14.3. The van der Waals surface area contributed by atoms with Crippen LogP contribution in [0.5, 0.6) is 5.75 Å². The minimum absolute atomic E-state index is 0.0214. The van der Waals surface area contributed by atoms with Gasteiger partial charge in [0.2, 0.25) is 5.91 Å². The van der Waals surface area contributed by atoms with Crippen LogP contribution in [0.1, 0.15) is 29.0 Å². The second-order valence-electron chi connectivity index (χ2n) is 7.78. The number of ether oxygens (including phenoxy) is 1. The first kappa shape index (κ1) is 18.7. The van der Waals surface area contributed by atoms with Crippen LogP contribution in [0.2, 0.25) is 0 Å². The summed E-state index contributed by atoms with van der Waals surface area (Å²) < 4.78 is 11.7. The van der Waals surface area contributed by atoms with Gasteiger partial charge >= 0.3 is 0 Å². The highest BCUT2D eigenvalue weighted by Gasteiger charge is 2.33. The van der Waals surface area contributed by atoms with Crippen LogP contribution < -0.4 is 10.1 Å². The Balaban J connectivity index is 1.24. The van der Waals surface area contributed by atoms with Gasteiger partial charge in [-0.2, -0.15) is 0 Å². The van der Waals surface area contributed by atoms with Crippen LogP contribution in [0.25, 0.3) is 11.0 Å². The number of hydrogen-bond acceptors (Lipinski definition) is 5. The summed E-state index contributed by atoms with van der Waals surface area (Å²) in [7, 11) is 0. The largest absolute Gasteiger partial charge is 0.488 e. The molecule has 0 saturated carbocycles. The van der Waals surface area contributed by atoms with Crippen molar-refractivity contribution >= 4 is 28.5 Å². The van der Waals surface area contributed by atoms with E-state index in [0.29, 0.717) is 37.1 Å².